The van der Waals surface area contributed by atoms with E-state index in [4.69, 9.17) is 0 Å². The predicted molar refractivity (Wildman–Crippen MR) is 133 cm³/mol. The zero-order valence-electron chi connectivity index (χ0n) is 19.7. The van der Waals surface area contributed by atoms with Crippen molar-refractivity contribution in [2.24, 2.45) is 17.8 Å². The van der Waals surface area contributed by atoms with Gasteiger partial charge in [-0.1, -0.05) is 18.6 Å². The van der Waals surface area contributed by atoms with E-state index in [-0.39, 0.29) is 10.8 Å². The van der Waals surface area contributed by atoms with Gasteiger partial charge in [-0.3, -0.25) is 4.79 Å². The lowest BCUT2D eigenvalue weighted by atomic mass is 9.48. The summed E-state index contributed by atoms with van der Waals surface area (Å²) >= 11 is 0. The molecule has 0 aromatic heterocycles. The Morgan fingerprint density at radius 1 is 0.794 bits per heavy atom. The van der Waals surface area contributed by atoms with Gasteiger partial charge in [-0.25, -0.2) is 8.42 Å². The third-order valence-corrected chi connectivity index (χ3v) is 10.8. The van der Waals surface area contributed by atoms with Crippen molar-refractivity contribution < 1.29 is 13.2 Å². The minimum absolute atomic E-state index is 0.218. The van der Waals surface area contributed by atoms with Crippen LogP contribution in [0.15, 0.2) is 53.4 Å². The highest BCUT2D eigenvalue weighted by atomic mass is 32.2. The molecule has 7 rings (SSSR count). The van der Waals surface area contributed by atoms with Gasteiger partial charge >= 0.3 is 0 Å². The summed E-state index contributed by atoms with van der Waals surface area (Å²) in [6.07, 6.45) is 11.2. The number of carbonyl (C=O) groups excluding carboxylic acids is 1. The van der Waals surface area contributed by atoms with Crippen LogP contribution < -0.4 is 5.32 Å². The van der Waals surface area contributed by atoms with E-state index in [0.717, 1.165) is 42.7 Å². The molecule has 4 aliphatic carbocycles. The summed E-state index contributed by atoms with van der Waals surface area (Å²) in [7, 11) is -3.49. The van der Waals surface area contributed by atoms with Gasteiger partial charge in [0.2, 0.25) is 10.0 Å². The molecule has 0 atom stereocenters. The Morgan fingerprint density at radius 2 is 1.35 bits per heavy atom. The van der Waals surface area contributed by atoms with Gasteiger partial charge in [0, 0.05) is 24.3 Å². The van der Waals surface area contributed by atoms with Crippen molar-refractivity contribution in [3.8, 4) is 0 Å². The Balaban J connectivity index is 1.13. The van der Waals surface area contributed by atoms with Crippen LogP contribution in [-0.4, -0.2) is 31.7 Å². The molecule has 5 aliphatic rings. The minimum atomic E-state index is -3.49. The number of nitrogens with one attached hydrogen (secondary N) is 1. The number of anilines is 1. The van der Waals surface area contributed by atoms with E-state index in [1.807, 2.05) is 12.1 Å². The van der Waals surface area contributed by atoms with Gasteiger partial charge in [-0.15, -0.1) is 0 Å². The molecule has 1 aliphatic heterocycles. The number of carbonyl (C=O) groups is 1. The normalized spacial score (nSPS) is 30.9. The maximum absolute atomic E-state index is 12.8. The standard InChI is InChI=1S/C28H34N2O3S/c31-27(23-4-10-26(11-5-23)34(32,33)30-12-2-1-3-13-30)29-25-8-6-24(7-9-25)28-17-20-14-21(18-28)16-22(15-20)19-28/h4-11,20-22H,1-3,12-19H2,(H,29,31). The van der Waals surface area contributed by atoms with Gasteiger partial charge in [0.25, 0.3) is 5.91 Å². The largest absolute Gasteiger partial charge is 0.322 e. The third kappa shape index (κ3) is 3.99. The van der Waals surface area contributed by atoms with Gasteiger partial charge in [-0.2, -0.15) is 4.31 Å². The highest BCUT2D eigenvalue weighted by Gasteiger charge is 2.51. The molecule has 0 unspecified atom stereocenters. The van der Waals surface area contributed by atoms with E-state index in [1.54, 1.807) is 28.6 Å². The topological polar surface area (TPSA) is 66.5 Å². The highest BCUT2D eigenvalue weighted by Crippen LogP contribution is 2.60. The van der Waals surface area contributed by atoms with E-state index in [0.29, 0.717) is 24.1 Å². The molecule has 1 N–H and O–H groups in total. The van der Waals surface area contributed by atoms with Gasteiger partial charge in [0.1, 0.15) is 0 Å². The van der Waals surface area contributed by atoms with Crippen LogP contribution in [0.25, 0.3) is 0 Å². The molecule has 4 bridgehead atoms. The summed E-state index contributed by atoms with van der Waals surface area (Å²) in [6, 6.07) is 14.8. The molecule has 2 aromatic carbocycles. The fourth-order valence-corrected chi connectivity index (χ4v) is 9.12. The van der Waals surface area contributed by atoms with E-state index < -0.39 is 10.0 Å². The molecule has 180 valence electrons. The molecule has 34 heavy (non-hydrogen) atoms. The molecule has 0 spiro atoms. The summed E-state index contributed by atoms with van der Waals surface area (Å²) in [4.78, 5) is 13.1. The van der Waals surface area contributed by atoms with Crippen molar-refractivity contribution in [1.82, 2.24) is 4.31 Å². The van der Waals surface area contributed by atoms with E-state index in [9.17, 15) is 13.2 Å². The second-order valence-corrected chi connectivity index (χ2v) is 13.2. The van der Waals surface area contributed by atoms with Crippen LogP contribution >= 0.6 is 0 Å². The molecule has 2 aromatic rings. The lowest BCUT2D eigenvalue weighted by molar-refractivity contribution is -0.00518. The van der Waals surface area contributed by atoms with Gasteiger partial charge in [0.05, 0.1) is 4.90 Å². The molecule has 1 heterocycles. The van der Waals surface area contributed by atoms with Crippen LogP contribution in [0.2, 0.25) is 0 Å². The first-order chi connectivity index (χ1) is 16.4. The van der Waals surface area contributed by atoms with Crippen molar-refractivity contribution in [1.29, 1.82) is 0 Å². The highest BCUT2D eigenvalue weighted by molar-refractivity contribution is 7.89. The van der Waals surface area contributed by atoms with Gasteiger partial charge < -0.3 is 5.32 Å². The fraction of sp³-hybridized carbons (Fsp3) is 0.536. The number of hydrogen-bond donors (Lipinski definition) is 1. The number of sulfonamides is 1. The molecule has 5 fully saturated rings. The van der Waals surface area contributed by atoms with Crippen LogP contribution in [0.5, 0.6) is 0 Å². The average molecular weight is 479 g/mol. The Bertz CT molecular complexity index is 1130. The molecule has 0 radical (unpaired) electrons. The van der Waals surface area contributed by atoms with Crippen molar-refractivity contribution in [3.05, 3.63) is 59.7 Å². The van der Waals surface area contributed by atoms with E-state index in [1.165, 1.54) is 44.1 Å². The smallest absolute Gasteiger partial charge is 0.255 e. The quantitative estimate of drug-likeness (QED) is 0.610. The molecule has 6 heteroatoms. The average Bonchev–Trinajstić information content (AvgIpc) is 2.84. The van der Waals surface area contributed by atoms with Crippen molar-refractivity contribution in [2.75, 3.05) is 18.4 Å². The first-order valence-electron chi connectivity index (χ1n) is 12.9. The number of nitrogens with zero attached hydrogens (tertiary/aromatic N) is 1. The summed E-state index contributed by atoms with van der Waals surface area (Å²) in [5.74, 6) is 2.51. The maximum atomic E-state index is 12.8. The molecule has 4 saturated carbocycles. The Hall–Kier alpha value is -2.18. The van der Waals surface area contributed by atoms with Crippen LogP contribution in [-0.2, 0) is 15.4 Å². The van der Waals surface area contributed by atoms with Gasteiger partial charge in [0.15, 0.2) is 0 Å². The van der Waals surface area contributed by atoms with E-state index >= 15 is 0 Å². The molecule has 1 amide bonds. The van der Waals surface area contributed by atoms with Crippen LogP contribution in [0.4, 0.5) is 5.69 Å². The minimum Gasteiger partial charge on any atom is -0.322 e. The predicted octanol–water partition coefficient (Wildman–Crippen LogP) is 5.58. The van der Waals surface area contributed by atoms with Crippen molar-refractivity contribution in [2.45, 2.75) is 68.1 Å². The van der Waals surface area contributed by atoms with Crippen LogP contribution in [0.3, 0.4) is 0 Å². The lowest BCUT2D eigenvalue weighted by Crippen LogP contribution is -2.48. The summed E-state index contributed by atoms with van der Waals surface area (Å²) in [6.45, 7) is 1.15. The number of amides is 1. The zero-order valence-corrected chi connectivity index (χ0v) is 20.5. The molecule has 5 nitrogen and oxygen atoms in total. The number of rotatable bonds is 5. The second kappa shape index (κ2) is 8.49. The Labute approximate surface area is 203 Å². The summed E-state index contributed by atoms with van der Waals surface area (Å²) in [5, 5.41) is 2.98. The molecular formula is C28H34N2O3S. The summed E-state index contributed by atoms with van der Waals surface area (Å²) in [5.41, 5.74) is 3.04. The first kappa shape index (κ1) is 22.3. The fourth-order valence-electron chi connectivity index (χ4n) is 7.61. The Morgan fingerprint density at radius 3 is 1.91 bits per heavy atom. The SMILES string of the molecule is O=C(Nc1ccc(C23CC4CC(CC(C4)C2)C3)cc1)c1ccc(S(=O)(=O)N2CCCCC2)cc1. The van der Waals surface area contributed by atoms with Crippen LogP contribution in [0.1, 0.15) is 73.7 Å². The maximum Gasteiger partial charge on any atom is 0.255 e. The number of piperidine rings is 1. The molecular weight excluding hydrogens is 444 g/mol. The molecule has 1 saturated heterocycles. The van der Waals surface area contributed by atoms with Gasteiger partial charge in [-0.05, 0) is 116 Å². The number of hydrogen-bond acceptors (Lipinski definition) is 3. The van der Waals surface area contributed by atoms with Crippen molar-refractivity contribution >= 4 is 21.6 Å². The Kier molecular flexibility index (Phi) is 5.57. The van der Waals surface area contributed by atoms with E-state index in [2.05, 4.69) is 17.4 Å². The third-order valence-electron chi connectivity index (χ3n) is 8.86. The second-order valence-electron chi connectivity index (χ2n) is 11.2. The van der Waals surface area contributed by atoms with Crippen molar-refractivity contribution in [3.63, 3.8) is 0 Å². The first-order valence-corrected chi connectivity index (χ1v) is 14.4. The monoisotopic (exact) mass is 478 g/mol. The zero-order chi connectivity index (χ0) is 23.3. The summed E-state index contributed by atoms with van der Waals surface area (Å²) < 4.78 is 27.2. The lowest BCUT2D eigenvalue weighted by Gasteiger charge is -2.57. The number of benzene rings is 2. The van der Waals surface area contributed by atoms with Crippen LogP contribution in [0, 0.1) is 17.8 Å².